The van der Waals surface area contributed by atoms with Crippen molar-refractivity contribution in [1.29, 1.82) is 0 Å². The van der Waals surface area contributed by atoms with Crippen LogP contribution >= 0.6 is 0 Å². The van der Waals surface area contributed by atoms with Gasteiger partial charge in [0.05, 0.1) is 18.7 Å². The van der Waals surface area contributed by atoms with Crippen LogP contribution in [0.25, 0.3) is 0 Å². The summed E-state index contributed by atoms with van der Waals surface area (Å²) < 4.78 is 5.64. The van der Waals surface area contributed by atoms with E-state index < -0.39 is 0 Å². The summed E-state index contributed by atoms with van der Waals surface area (Å²) in [6.45, 7) is 8.01. The van der Waals surface area contributed by atoms with Crippen molar-refractivity contribution in [3.8, 4) is 5.75 Å². The maximum absolute atomic E-state index is 12.0. The summed E-state index contributed by atoms with van der Waals surface area (Å²) >= 11 is 0. The summed E-state index contributed by atoms with van der Waals surface area (Å²) in [5.41, 5.74) is 6.77. The van der Waals surface area contributed by atoms with Crippen LogP contribution in [0.4, 0.5) is 0 Å². The maximum Gasteiger partial charge on any atom is 0.244 e. The number of benzene rings is 2. The van der Waals surface area contributed by atoms with Gasteiger partial charge in [-0.3, -0.25) is 4.79 Å². The molecule has 2 aromatic carbocycles. The molecule has 0 radical (unpaired) electrons. The average Bonchev–Trinajstić information content (AvgIpc) is 2.50. The second kappa shape index (κ2) is 8.29. The van der Waals surface area contributed by atoms with E-state index in [1.54, 1.807) is 6.21 Å². The molecule has 0 atom stereocenters. The number of ether oxygens (including phenoxy) is 1. The van der Waals surface area contributed by atoms with Crippen molar-refractivity contribution in [1.82, 2.24) is 5.43 Å². The number of carbonyl (C=O) groups is 1. The molecule has 0 saturated carbocycles. The Morgan fingerprint density at radius 2 is 2.00 bits per heavy atom. The number of aryl methyl sites for hydroxylation is 2. The van der Waals surface area contributed by atoms with Crippen molar-refractivity contribution in [3.05, 3.63) is 64.7 Å². The van der Waals surface area contributed by atoms with E-state index in [0.717, 1.165) is 22.4 Å². The zero-order valence-corrected chi connectivity index (χ0v) is 14.7. The van der Waals surface area contributed by atoms with Crippen molar-refractivity contribution in [2.45, 2.75) is 40.2 Å². The summed E-state index contributed by atoms with van der Waals surface area (Å²) in [5.74, 6) is 0.656. The molecule has 24 heavy (non-hydrogen) atoms. The Bertz CT molecular complexity index is 736. The average molecular weight is 324 g/mol. The van der Waals surface area contributed by atoms with Crippen molar-refractivity contribution in [3.63, 3.8) is 0 Å². The lowest BCUT2D eigenvalue weighted by molar-refractivity contribution is -0.120. The molecule has 0 aliphatic carbocycles. The lowest BCUT2D eigenvalue weighted by Gasteiger charge is -2.09. The molecule has 4 nitrogen and oxygen atoms in total. The van der Waals surface area contributed by atoms with Crippen LogP contribution in [0.2, 0.25) is 0 Å². The zero-order chi connectivity index (χ0) is 17.5. The Balaban J connectivity index is 1.92. The van der Waals surface area contributed by atoms with Gasteiger partial charge in [0, 0.05) is 0 Å². The van der Waals surface area contributed by atoms with E-state index in [-0.39, 0.29) is 12.0 Å². The normalized spacial score (nSPS) is 11.0. The third-order valence-corrected chi connectivity index (χ3v) is 3.48. The summed E-state index contributed by atoms with van der Waals surface area (Å²) in [5, 5.41) is 4.03. The molecule has 0 aromatic heterocycles. The first kappa shape index (κ1) is 17.7. The Kier molecular flexibility index (Phi) is 6.13. The Morgan fingerprint density at radius 1 is 1.21 bits per heavy atom. The molecule has 4 heteroatoms. The van der Waals surface area contributed by atoms with Gasteiger partial charge >= 0.3 is 0 Å². The molecule has 1 amide bonds. The van der Waals surface area contributed by atoms with Gasteiger partial charge < -0.3 is 4.74 Å². The lowest BCUT2D eigenvalue weighted by atomic mass is 10.0. The van der Waals surface area contributed by atoms with Crippen LogP contribution in [0.3, 0.4) is 0 Å². The predicted molar refractivity (Wildman–Crippen MR) is 97.6 cm³/mol. The fourth-order valence-electron chi connectivity index (χ4n) is 2.38. The van der Waals surface area contributed by atoms with Gasteiger partial charge in [0.1, 0.15) is 5.75 Å². The Hall–Kier alpha value is -2.62. The van der Waals surface area contributed by atoms with Crippen LogP contribution in [0.1, 0.15) is 36.1 Å². The van der Waals surface area contributed by atoms with Gasteiger partial charge in [-0.2, -0.15) is 5.10 Å². The maximum atomic E-state index is 12.0. The number of hydrogen-bond acceptors (Lipinski definition) is 3. The van der Waals surface area contributed by atoms with Gasteiger partial charge in [-0.1, -0.05) is 35.9 Å². The van der Waals surface area contributed by atoms with E-state index in [1.165, 1.54) is 5.56 Å². The van der Waals surface area contributed by atoms with E-state index >= 15 is 0 Å². The van der Waals surface area contributed by atoms with Gasteiger partial charge in [-0.15, -0.1) is 0 Å². The minimum absolute atomic E-state index is 0.120. The summed E-state index contributed by atoms with van der Waals surface area (Å²) in [4.78, 5) is 12.0. The van der Waals surface area contributed by atoms with Gasteiger partial charge in [0.2, 0.25) is 5.91 Å². The van der Waals surface area contributed by atoms with Gasteiger partial charge in [0.25, 0.3) is 0 Å². The molecule has 2 rings (SSSR count). The quantitative estimate of drug-likeness (QED) is 0.649. The summed E-state index contributed by atoms with van der Waals surface area (Å²) in [6.07, 6.45) is 2.06. The number of rotatable bonds is 6. The number of nitrogens with zero attached hydrogens (tertiary/aromatic N) is 1. The van der Waals surface area contributed by atoms with E-state index in [4.69, 9.17) is 4.74 Å². The summed E-state index contributed by atoms with van der Waals surface area (Å²) in [7, 11) is 0. The predicted octanol–water partition coefficient (Wildman–Crippen LogP) is 3.78. The highest BCUT2D eigenvalue weighted by molar-refractivity contribution is 5.83. The van der Waals surface area contributed by atoms with Gasteiger partial charge in [-0.05, 0) is 56.5 Å². The molecule has 0 aliphatic rings. The van der Waals surface area contributed by atoms with Crippen LogP contribution in [0.15, 0.2) is 47.6 Å². The fraction of sp³-hybridized carbons (Fsp3) is 0.300. The van der Waals surface area contributed by atoms with Crippen molar-refractivity contribution < 1.29 is 9.53 Å². The molecule has 0 fully saturated rings. The van der Waals surface area contributed by atoms with Gasteiger partial charge in [0.15, 0.2) is 0 Å². The number of hydrogen-bond donors (Lipinski definition) is 1. The zero-order valence-electron chi connectivity index (χ0n) is 14.7. The fourth-order valence-corrected chi connectivity index (χ4v) is 2.38. The second-order valence-corrected chi connectivity index (χ2v) is 6.14. The highest BCUT2D eigenvalue weighted by Gasteiger charge is 2.05. The van der Waals surface area contributed by atoms with E-state index in [1.807, 2.05) is 64.1 Å². The van der Waals surface area contributed by atoms with Crippen LogP contribution < -0.4 is 10.2 Å². The SMILES string of the molecule is Cc1ccc(CC(=O)N/N=C/c2cccc(OC(C)C)c2)c(C)c1. The number of carbonyl (C=O) groups excluding carboxylic acids is 1. The Labute approximate surface area is 143 Å². The molecule has 2 aromatic rings. The molecule has 0 saturated heterocycles. The van der Waals surface area contributed by atoms with E-state index in [9.17, 15) is 4.79 Å². The molecule has 0 unspecified atom stereocenters. The molecule has 126 valence electrons. The van der Waals surface area contributed by atoms with Crippen molar-refractivity contribution in [2.24, 2.45) is 5.10 Å². The second-order valence-electron chi connectivity index (χ2n) is 6.14. The largest absolute Gasteiger partial charge is 0.491 e. The minimum atomic E-state index is -0.132. The molecular weight excluding hydrogens is 300 g/mol. The first-order chi connectivity index (χ1) is 11.4. The number of nitrogens with one attached hydrogen (secondary N) is 1. The third-order valence-electron chi connectivity index (χ3n) is 3.48. The highest BCUT2D eigenvalue weighted by atomic mass is 16.5. The van der Waals surface area contributed by atoms with Crippen LogP contribution in [0.5, 0.6) is 5.75 Å². The molecule has 0 aliphatic heterocycles. The van der Waals surface area contributed by atoms with Gasteiger partial charge in [-0.25, -0.2) is 5.43 Å². The number of amides is 1. The first-order valence-electron chi connectivity index (χ1n) is 8.09. The molecule has 0 spiro atoms. The molecule has 0 bridgehead atoms. The van der Waals surface area contributed by atoms with Crippen LogP contribution in [-0.4, -0.2) is 18.2 Å². The monoisotopic (exact) mass is 324 g/mol. The third kappa shape index (κ3) is 5.54. The van der Waals surface area contributed by atoms with E-state index in [0.29, 0.717) is 6.42 Å². The Morgan fingerprint density at radius 3 is 2.71 bits per heavy atom. The molecular formula is C20H24N2O2. The topological polar surface area (TPSA) is 50.7 Å². The van der Waals surface area contributed by atoms with Crippen LogP contribution in [0, 0.1) is 13.8 Å². The standard InChI is InChI=1S/C20H24N2O2/c1-14(2)24-19-7-5-6-17(11-19)13-21-22-20(23)12-18-9-8-15(3)10-16(18)4/h5-11,13-14H,12H2,1-4H3,(H,22,23)/b21-13+. The number of hydrazone groups is 1. The minimum Gasteiger partial charge on any atom is -0.491 e. The lowest BCUT2D eigenvalue weighted by Crippen LogP contribution is -2.20. The van der Waals surface area contributed by atoms with Crippen LogP contribution in [-0.2, 0) is 11.2 Å². The first-order valence-corrected chi connectivity index (χ1v) is 8.09. The summed E-state index contributed by atoms with van der Waals surface area (Å²) in [6, 6.07) is 13.7. The van der Waals surface area contributed by atoms with Crippen molar-refractivity contribution >= 4 is 12.1 Å². The highest BCUT2D eigenvalue weighted by Crippen LogP contribution is 2.14. The van der Waals surface area contributed by atoms with Crippen molar-refractivity contribution in [2.75, 3.05) is 0 Å². The smallest absolute Gasteiger partial charge is 0.244 e. The molecule has 0 heterocycles. The molecule has 1 N–H and O–H groups in total. The van der Waals surface area contributed by atoms with E-state index in [2.05, 4.69) is 16.6 Å².